The second-order valence-corrected chi connectivity index (χ2v) is 11.4. The Bertz CT molecular complexity index is 873. The molecule has 12 nitrogen and oxygen atoms in total. The highest BCUT2D eigenvalue weighted by molar-refractivity contribution is 5.32. The van der Waals surface area contributed by atoms with Crippen molar-refractivity contribution in [2.45, 2.75) is 101 Å². The van der Waals surface area contributed by atoms with E-state index in [4.69, 9.17) is 18.9 Å². The molecule has 0 radical (unpaired) electrons. The van der Waals surface area contributed by atoms with Gasteiger partial charge in [-0.25, -0.2) is 0 Å². The summed E-state index contributed by atoms with van der Waals surface area (Å²) in [5.74, 6) is 0.938. The van der Waals surface area contributed by atoms with Crippen LogP contribution in [0.2, 0.25) is 0 Å². The first-order chi connectivity index (χ1) is 18.6. The van der Waals surface area contributed by atoms with E-state index in [0.29, 0.717) is 18.3 Å². The zero-order valence-corrected chi connectivity index (χ0v) is 22.5. The van der Waals surface area contributed by atoms with Crippen molar-refractivity contribution in [2.24, 2.45) is 17.8 Å². The zero-order valence-electron chi connectivity index (χ0n) is 22.5. The van der Waals surface area contributed by atoms with Crippen LogP contribution in [-0.4, -0.2) is 129 Å². The lowest BCUT2D eigenvalue weighted by Crippen LogP contribution is -2.59. The van der Waals surface area contributed by atoms with Gasteiger partial charge in [-0.2, -0.15) is 0 Å². The van der Waals surface area contributed by atoms with E-state index in [1.165, 1.54) is 5.57 Å². The molecular formula is C27H44O12. The summed E-state index contributed by atoms with van der Waals surface area (Å²) in [6.07, 6.45) is -7.83. The van der Waals surface area contributed by atoms with Gasteiger partial charge >= 0.3 is 0 Å². The Hall–Kier alpha value is -1.00. The van der Waals surface area contributed by atoms with Gasteiger partial charge in [0.1, 0.15) is 48.8 Å². The van der Waals surface area contributed by atoms with Crippen LogP contribution in [0.1, 0.15) is 39.5 Å². The largest absolute Gasteiger partial charge is 0.394 e. The molecule has 12 heteroatoms. The highest BCUT2D eigenvalue weighted by Crippen LogP contribution is 2.45. The molecule has 0 saturated carbocycles. The highest BCUT2D eigenvalue weighted by Gasteiger charge is 2.45. The molecule has 39 heavy (non-hydrogen) atoms. The average molecular weight is 561 g/mol. The molecule has 0 bridgehead atoms. The van der Waals surface area contributed by atoms with Gasteiger partial charge in [-0.05, 0) is 48.7 Å². The fraction of sp³-hybridized carbons (Fsp3) is 0.852. The number of hydrogen-bond acceptors (Lipinski definition) is 12. The molecule has 224 valence electrons. The fourth-order valence-corrected chi connectivity index (χ4v) is 6.19. The maximum absolute atomic E-state index is 10.3. The second-order valence-electron chi connectivity index (χ2n) is 11.4. The Kier molecular flexibility index (Phi) is 10.6. The number of rotatable bonds is 9. The lowest BCUT2D eigenvalue weighted by Gasteiger charge is -2.42. The van der Waals surface area contributed by atoms with Gasteiger partial charge < -0.3 is 59.8 Å². The van der Waals surface area contributed by atoms with Gasteiger partial charge in [-0.15, -0.1) is 0 Å². The Morgan fingerprint density at radius 2 is 1.28 bits per heavy atom. The molecule has 2 heterocycles. The van der Waals surface area contributed by atoms with Crippen LogP contribution in [0.15, 0.2) is 22.8 Å². The molecule has 0 aromatic carbocycles. The summed E-state index contributed by atoms with van der Waals surface area (Å²) >= 11 is 0. The van der Waals surface area contributed by atoms with Gasteiger partial charge in [-0.3, -0.25) is 0 Å². The van der Waals surface area contributed by atoms with Gasteiger partial charge in [0.2, 0.25) is 0 Å². The second kappa shape index (κ2) is 13.3. The molecule has 2 saturated heterocycles. The summed E-state index contributed by atoms with van der Waals surface area (Å²) in [5.41, 5.74) is 3.36. The van der Waals surface area contributed by atoms with Crippen molar-refractivity contribution >= 4 is 0 Å². The van der Waals surface area contributed by atoms with Crippen LogP contribution < -0.4 is 0 Å². The van der Waals surface area contributed by atoms with Crippen LogP contribution in [0.5, 0.6) is 0 Å². The van der Waals surface area contributed by atoms with Crippen LogP contribution in [0.4, 0.5) is 0 Å². The molecule has 0 amide bonds. The van der Waals surface area contributed by atoms with Crippen molar-refractivity contribution in [2.75, 3.05) is 26.4 Å². The van der Waals surface area contributed by atoms with Crippen LogP contribution in [0, 0.1) is 17.8 Å². The van der Waals surface area contributed by atoms with E-state index in [9.17, 15) is 40.9 Å². The predicted molar refractivity (Wildman–Crippen MR) is 135 cm³/mol. The fourth-order valence-electron chi connectivity index (χ4n) is 6.19. The smallest absolute Gasteiger partial charge is 0.187 e. The van der Waals surface area contributed by atoms with Crippen molar-refractivity contribution in [3.8, 4) is 0 Å². The van der Waals surface area contributed by atoms with E-state index in [-0.39, 0.29) is 19.1 Å². The third-order valence-electron chi connectivity index (χ3n) is 8.64. The van der Waals surface area contributed by atoms with Crippen LogP contribution >= 0.6 is 0 Å². The molecule has 8 N–H and O–H groups in total. The number of hydrogen-bond donors (Lipinski definition) is 8. The van der Waals surface area contributed by atoms with Crippen molar-refractivity contribution in [3.05, 3.63) is 22.8 Å². The van der Waals surface area contributed by atoms with E-state index in [1.54, 1.807) is 0 Å². The zero-order chi connectivity index (χ0) is 28.4. The lowest BCUT2D eigenvalue weighted by atomic mass is 9.66. The maximum atomic E-state index is 10.3. The van der Waals surface area contributed by atoms with E-state index in [1.807, 2.05) is 0 Å². The normalized spacial score (nSPS) is 43.4. The summed E-state index contributed by atoms with van der Waals surface area (Å²) in [6, 6.07) is 0. The number of fused-ring (bicyclic) bond motifs is 1. The number of allylic oxidation sites excluding steroid dienone is 2. The monoisotopic (exact) mass is 560 g/mol. The molecule has 12 atom stereocenters. The molecule has 4 aliphatic rings. The molecular weight excluding hydrogens is 516 g/mol. The summed E-state index contributed by atoms with van der Waals surface area (Å²) in [5, 5.41) is 79.6. The quantitative estimate of drug-likeness (QED) is 0.149. The summed E-state index contributed by atoms with van der Waals surface area (Å²) in [6.45, 7) is 3.68. The van der Waals surface area contributed by atoms with E-state index >= 15 is 0 Å². The van der Waals surface area contributed by atoms with Crippen LogP contribution in [-0.2, 0) is 18.9 Å². The highest BCUT2D eigenvalue weighted by atomic mass is 16.7. The number of ether oxygens (including phenoxy) is 4. The Morgan fingerprint density at radius 1 is 0.744 bits per heavy atom. The summed E-state index contributed by atoms with van der Waals surface area (Å²) in [7, 11) is 0. The molecule has 2 aliphatic carbocycles. The minimum atomic E-state index is -1.49. The van der Waals surface area contributed by atoms with Crippen LogP contribution in [0.25, 0.3) is 0 Å². The van der Waals surface area contributed by atoms with Gasteiger partial charge in [0.25, 0.3) is 0 Å². The van der Waals surface area contributed by atoms with Gasteiger partial charge in [0.05, 0.1) is 26.4 Å². The average Bonchev–Trinajstić information content (AvgIpc) is 2.93. The summed E-state index contributed by atoms with van der Waals surface area (Å²) in [4.78, 5) is 0. The molecule has 0 spiro atoms. The van der Waals surface area contributed by atoms with E-state index < -0.39 is 74.6 Å². The molecule has 2 fully saturated rings. The standard InChI is InChI=1S/C27H44O12/c1-12(2)15-6-4-14(11-37-27-25(35)23(33)21(31)19(9-29)39-27)16-5-3-13(7-17(15)16)10-36-26-24(34)22(32)20(30)18(8-28)38-26/h7,12,15,17-35H,3-6,8-11H2,1-2H3. The SMILES string of the molecule is CC(C)C1CCC(COC2OC(CO)C(O)C(O)C2O)=C2CCC(COC3OC(CO)C(O)C(O)C3O)=CC21. The van der Waals surface area contributed by atoms with Crippen molar-refractivity contribution in [3.63, 3.8) is 0 Å². The van der Waals surface area contributed by atoms with E-state index in [0.717, 1.165) is 30.4 Å². The third kappa shape index (κ3) is 6.58. The minimum absolute atomic E-state index is 0.134. The van der Waals surface area contributed by atoms with E-state index in [2.05, 4.69) is 19.9 Å². The molecule has 12 unspecified atom stereocenters. The topological polar surface area (TPSA) is 199 Å². The van der Waals surface area contributed by atoms with Gasteiger partial charge in [0.15, 0.2) is 12.6 Å². The van der Waals surface area contributed by atoms with Crippen molar-refractivity contribution < 1.29 is 59.8 Å². The molecule has 0 aromatic rings. The molecule has 0 aromatic heterocycles. The summed E-state index contributed by atoms with van der Waals surface area (Å²) < 4.78 is 22.6. The number of aliphatic hydroxyl groups excluding tert-OH is 8. The number of aliphatic hydroxyl groups is 8. The Balaban J connectivity index is 1.44. The first-order valence-corrected chi connectivity index (χ1v) is 13.8. The molecule has 2 aliphatic heterocycles. The lowest BCUT2D eigenvalue weighted by molar-refractivity contribution is -0.299. The first-order valence-electron chi connectivity index (χ1n) is 13.8. The van der Waals surface area contributed by atoms with Crippen molar-refractivity contribution in [1.82, 2.24) is 0 Å². The Labute approximate surface area is 228 Å². The van der Waals surface area contributed by atoms with Crippen LogP contribution in [0.3, 0.4) is 0 Å². The molecule has 4 rings (SSSR count). The third-order valence-corrected chi connectivity index (χ3v) is 8.64. The maximum Gasteiger partial charge on any atom is 0.187 e. The Morgan fingerprint density at radius 3 is 1.79 bits per heavy atom. The van der Waals surface area contributed by atoms with Gasteiger partial charge in [-0.1, -0.05) is 25.5 Å². The first kappa shape index (κ1) is 30.9. The minimum Gasteiger partial charge on any atom is -0.394 e. The van der Waals surface area contributed by atoms with Gasteiger partial charge in [0, 0.05) is 5.92 Å². The van der Waals surface area contributed by atoms with Crippen molar-refractivity contribution in [1.29, 1.82) is 0 Å². The predicted octanol–water partition coefficient (Wildman–Crippen LogP) is -1.68.